The van der Waals surface area contributed by atoms with Crippen LogP contribution < -0.4 is 9.75 Å². The maximum atomic E-state index is 13.8. The van der Waals surface area contributed by atoms with Gasteiger partial charge in [-0.05, 0) is 30.3 Å². The van der Waals surface area contributed by atoms with E-state index < -0.39 is 11.6 Å². The van der Waals surface area contributed by atoms with Crippen molar-refractivity contribution in [3.63, 3.8) is 0 Å². The molecular weight excluding hydrogens is 445 g/mol. The molecule has 0 atom stereocenters. The minimum Gasteiger partial charge on any atom is -0.482 e. The van der Waals surface area contributed by atoms with E-state index in [0.717, 1.165) is 12.1 Å². The molecule has 6 nitrogen and oxygen atoms in total. The molecule has 29 heavy (non-hydrogen) atoms. The van der Waals surface area contributed by atoms with E-state index in [2.05, 4.69) is 10.2 Å². The molecule has 3 aromatic rings. The van der Waals surface area contributed by atoms with Gasteiger partial charge in [0.05, 0.1) is 17.1 Å². The summed E-state index contributed by atoms with van der Waals surface area (Å²) in [5, 5.41) is 10.7. The number of aromatic nitrogens is 3. The molecule has 1 amide bonds. The maximum Gasteiger partial charge on any atom is 0.274 e. The van der Waals surface area contributed by atoms with Crippen LogP contribution in [0, 0.1) is 11.6 Å². The smallest absolute Gasteiger partial charge is 0.274 e. The Hall–Kier alpha value is -2.36. The molecule has 0 unspecified atom stereocenters. The van der Waals surface area contributed by atoms with Crippen molar-refractivity contribution < 1.29 is 18.3 Å². The number of hydrogen-bond donors (Lipinski definition) is 0. The number of fused-ring (bicyclic) bond motifs is 1. The van der Waals surface area contributed by atoms with Crippen LogP contribution in [0.15, 0.2) is 41.6 Å². The third kappa shape index (κ3) is 4.03. The summed E-state index contributed by atoms with van der Waals surface area (Å²) < 4.78 is 33.8. The highest BCUT2D eigenvalue weighted by Gasteiger charge is 2.29. The maximum absolute atomic E-state index is 13.8. The monoisotopic (exact) mass is 456 g/mol. The Morgan fingerprint density at radius 3 is 2.76 bits per heavy atom. The molecule has 11 heteroatoms. The van der Waals surface area contributed by atoms with Crippen LogP contribution in [0.1, 0.15) is 16.2 Å². The van der Waals surface area contributed by atoms with Crippen molar-refractivity contribution in [2.75, 3.05) is 17.3 Å². The van der Waals surface area contributed by atoms with Gasteiger partial charge >= 0.3 is 0 Å². The lowest BCUT2D eigenvalue weighted by Crippen LogP contribution is -2.45. The number of benzene rings is 2. The first kappa shape index (κ1) is 19.9. The van der Waals surface area contributed by atoms with Crippen LogP contribution in [0.3, 0.4) is 0 Å². The molecule has 2 heterocycles. The predicted octanol–water partition coefficient (Wildman–Crippen LogP) is 4.33. The van der Waals surface area contributed by atoms with Crippen molar-refractivity contribution >= 4 is 40.9 Å². The molecule has 0 aliphatic carbocycles. The molecule has 0 fully saturated rings. The lowest BCUT2D eigenvalue weighted by Gasteiger charge is -2.29. The Morgan fingerprint density at radius 2 is 2.00 bits per heavy atom. The molecule has 0 N–H and O–H groups in total. The lowest BCUT2D eigenvalue weighted by atomic mass is 10.2. The summed E-state index contributed by atoms with van der Waals surface area (Å²) in [6.07, 6.45) is 0. The molecule has 1 aromatic heterocycles. The van der Waals surface area contributed by atoms with Crippen LogP contribution in [-0.2, 0) is 6.61 Å². The zero-order valence-corrected chi connectivity index (χ0v) is 16.9. The van der Waals surface area contributed by atoms with E-state index in [1.165, 1.54) is 33.6 Å². The molecule has 0 bridgehead atoms. The second kappa shape index (κ2) is 8.17. The van der Waals surface area contributed by atoms with Crippen LogP contribution in [-0.4, -0.2) is 33.1 Å². The van der Waals surface area contributed by atoms with Crippen molar-refractivity contribution in [3.8, 4) is 5.75 Å². The standard InChI is InChI=1S/C18H12Cl2F2N4O2S/c19-10-1-3-12(13(20)7-10)17(27)25-5-6-29-18-24-23-16(26(18)25)9-28-15-4-2-11(21)8-14(15)22/h1-4,7-8H,5-6,9H2. The molecule has 1 aliphatic rings. The van der Waals surface area contributed by atoms with Crippen molar-refractivity contribution in [2.24, 2.45) is 0 Å². The molecule has 0 spiro atoms. The van der Waals surface area contributed by atoms with Gasteiger partial charge in [0.2, 0.25) is 5.16 Å². The summed E-state index contributed by atoms with van der Waals surface area (Å²) in [4.78, 5) is 13.1. The van der Waals surface area contributed by atoms with E-state index >= 15 is 0 Å². The number of carbonyl (C=O) groups is 1. The number of thioether (sulfide) groups is 1. The van der Waals surface area contributed by atoms with Crippen molar-refractivity contribution in [1.82, 2.24) is 14.9 Å². The van der Waals surface area contributed by atoms with E-state index in [1.807, 2.05) is 0 Å². The number of nitrogens with zero attached hydrogens (tertiary/aromatic N) is 4. The summed E-state index contributed by atoms with van der Waals surface area (Å²) in [6.45, 7) is 0.208. The van der Waals surface area contributed by atoms with Gasteiger partial charge in [-0.2, -0.15) is 0 Å². The molecule has 0 saturated carbocycles. The topological polar surface area (TPSA) is 60.3 Å². The van der Waals surface area contributed by atoms with E-state index in [1.54, 1.807) is 12.1 Å². The van der Waals surface area contributed by atoms with Gasteiger partial charge in [0.1, 0.15) is 12.4 Å². The molecule has 2 aromatic carbocycles. The second-order valence-electron chi connectivity index (χ2n) is 5.97. The van der Waals surface area contributed by atoms with E-state index in [4.69, 9.17) is 27.9 Å². The summed E-state index contributed by atoms with van der Waals surface area (Å²) >= 11 is 13.5. The van der Waals surface area contributed by atoms with Gasteiger partial charge < -0.3 is 4.74 Å². The zero-order chi connectivity index (χ0) is 20.5. The normalized spacial score (nSPS) is 13.3. The first-order valence-electron chi connectivity index (χ1n) is 8.36. The van der Waals surface area contributed by atoms with Crippen LogP contribution >= 0.6 is 35.0 Å². The average molecular weight is 457 g/mol. The quantitative estimate of drug-likeness (QED) is 0.584. The SMILES string of the molecule is O=C(c1ccc(Cl)cc1Cl)N1CCSc2nnc(COc3ccc(F)cc3F)n21. The first-order valence-corrected chi connectivity index (χ1v) is 10.1. The van der Waals surface area contributed by atoms with E-state index in [0.29, 0.717) is 22.5 Å². The van der Waals surface area contributed by atoms with E-state index in [-0.39, 0.29) is 34.7 Å². The molecule has 4 rings (SSSR count). The number of amides is 1. The average Bonchev–Trinajstić information content (AvgIpc) is 3.10. The number of rotatable bonds is 4. The fourth-order valence-corrected chi connectivity index (χ4v) is 4.13. The molecular formula is C18H12Cl2F2N4O2S. The predicted molar refractivity (Wildman–Crippen MR) is 105 cm³/mol. The van der Waals surface area contributed by atoms with Gasteiger partial charge in [0.25, 0.3) is 5.91 Å². The second-order valence-corrected chi connectivity index (χ2v) is 7.88. The Bertz CT molecular complexity index is 1100. The highest BCUT2D eigenvalue weighted by atomic mass is 35.5. The number of hydrogen-bond acceptors (Lipinski definition) is 5. The van der Waals surface area contributed by atoms with Crippen LogP contribution in [0.4, 0.5) is 8.78 Å². The fourth-order valence-electron chi connectivity index (χ4n) is 2.77. The molecule has 1 aliphatic heterocycles. The fraction of sp³-hybridized carbons (Fsp3) is 0.167. The highest BCUT2D eigenvalue weighted by Crippen LogP contribution is 2.27. The van der Waals surface area contributed by atoms with Gasteiger partial charge in [-0.1, -0.05) is 35.0 Å². The van der Waals surface area contributed by atoms with Crippen LogP contribution in [0.5, 0.6) is 5.75 Å². The van der Waals surface area contributed by atoms with Crippen molar-refractivity contribution in [3.05, 3.63) is 69.5 Å². The Morgan fingerprint density at radius 1 is 1.17 bits per heavy atom. The van der Waals surface area contributed by atoms with Gasteiger partial charge in [-0.3, -0.25) is 4.79 Å². The van der Waals surface area contributed by atoms with Gasteiger partial charge in [0.15, 0.2) is 17.4 Å². The summed E-state index contributed by atoms with van der Waals surface area (Å²) in [5.41, 5.74) is 0.277. The lowest BCUT2D eigenvalue weighted by molar-refractivity contribution is 0.0952. The summed E-state index contributed by atoms with van der Waals surface area (Å²) in [5.74, 6) is -1.13. The van der Waals surface area contributed by atoms with Crippen LogP contribution in [0.2, 0.25) is 10.0 Å². The molecule has 0 saturated heterocycles. The number of carbonyl (C=O) groups excluding carboxylic acids is 1. The summed E-state index contributed by atoms with van der Waals surface area (Å²) in [6, 6.07) is 7.61. The summed E-state index contributed by atoms with van der Waals surface area (Å²) in [7, 11) is 0. The third-order valence-corrected chi connectivity index (χ3v) is 5.55. The van der Waals surface area contributed by atoms with E-state index in [9.17, 15) is 13.6 Å². The van der Waals surface area contributed by atoms with Gasteiger partial charge in [0, 0.05) is 16.8 Å². The van der Waals surface area contributed by atoms with Crippen molar-refractivity contribution in [2.45, 2.75) is 11.8 Å². The number of ether oxygens (including phenoxy) is 1. The number of halogens is 4. The highest BCUT2D eigenvalue weighted by molar-refractivity contribution is 7.99. The first-order chi connectivity index (χ1) is 13.9. The van der Waals surface area contributed by atoms with Gasteiger partial charge in [-0.25, -0.2) is 18.5 Å². The molecule has 150 valence electrons. The minimum absolute atomic E-state index is 0.133. The molecule has 0 radical (unpaired) electrons. The Labute approximate surface area is 178 Å². The Kier molecular flexibility index (Phi) is 5.62. The van der Waals surface area contributed by atoms with Gasteiger partial charge in [-0.15, -0.1) is 10.2 Å². The zero-order valence-electron chi connectivity index (χ0n) is 14.6. The minimum atomic E-state index is -0.835. The Balaban J connectivity index is 1.61. The van der Waals surface area contributed by atoms with Crippen LogP contribution in [0.25, 0.3) is 0 Å². The third-order valence-electron chi connectivity index (χ3n) is 4.10. The van der Waals surface area contributed by atoms with Crippen molar-refractivity contribution in [1.29, 1.82) is 0 Å². The largest absolute Gasteiger partial charge is 0.482 e.